The van der Waals surface area contributed by atoms with E-state index in [-0.39, 0.29) is 18.8 Å². The molecule has 1 aromatic carbocycles. The lowest BCUT2D eigenvalue weighted by Gasteiger charge is -2.32. The van der Waals surface area contributed by atoms with Crippen molar-refractivity contribution in [1.29, 1.82) is 0 Å². The van der Waals surface area contributed by atoms with Crippen LogP contribution in [0, 0.1) is 0 Å². The highest BCUT2D eigenvalue weighted by atomic mass is 31.2. The number of carboxylic acids is 1. The molecule has 154 valence electrons. The zero-order valence-electron chi connectivity index (χ0n) is 17.2. The smallest absolute Gasteiger partial charge is 0.478 e. The summed E-state index contributed by atoms with van der Waals surface area (Å²) < 4.78 is 35.1. The Morgan fingerprint density at radius 3 is 2.11 bits per heavy atom. The molecule has 0 saturated carbocycles. The van der Waals surface area contributed by atoms with Gasteiger partial charge in [-0.2, -0.15) is 0 Å². The number of benzene rings is 1. The second kappa shape index (κ2) is 8.51. The molecule has 0 spiro atoms. The van der Waals surface area contributed by atoms with Gasteiger partial charge in [0, 0.05) is 5.82 Å². The van der Waals surface area contributed by atoms with Gasteiger partial charge < -0.3 is 23.5 Å². The number of aromatic carboxylic acids is 1. The molecule has 9 heteroatoms. The number of hydrogen-bond donors (Lipinski definition) is 1. The molecule has 0 amide bonds. The van der Waals surface area contributed by atoms with Crippen LogP contribution >= 0.6 is 7.60 Å². The monoisotopic (exact) mass is 410 g/mol. The van der Waals surface area contributed by atoms with E-state index in [1.807, 2.05) is 27.7 Å². The van der Waals surface area contributed by atoms with Crippen LogP contribution in [0.3, 0.4) is 0 Å². The zero-order chi connectivity index (χ0) is 21.2. The van der Waals surface area contributed by atoms with Gasteiger partial charge in [0.1, 0.15) is 0 Å². The Labute approximate surface area is 166 Å². The topological polar surface area (TPSA) is 91.3 Å². The first kappa shape index (κ1) is 22.8. The van der Waals surface area contributed by atoms with Gasteiger partial charge in [-0.1, -0.05) is 6.07 Å². The third-order valence-corrected chi connectivity index (χ3v) is 6.57. The van der Waals surface area contributed by atoms with Gasteiger partial charge in [-0.05, 0) is 70.8 Å². The summed E-state index contributed by atoms with van der Waals surface area (Å²) in [5, 5.41) is 9.47. The van der Waals surface area contributed by atoms with E-state index in [1.54, 1.807) is 19.9 Å². The highest BCUT2D eigenvalue weighted by Gasteiger charge is 2.51. The summed E-state index contributed by atoms with van der Waals surface area (Å²) >= 11 is 0. The van der Waals surface area contributed by atoms with Crippen molar-refractivity contribution in [2.75, 3.05) is 13.2 Å². The largest absolute Gasteiger partial charge is 0.494 e. The van der Waals surface area contributed by atoms with E-state index in [1.165, 1.54) is 24.0 Å². The summed E-state index contributed by atoms with van der Waals surface area (Å²) in [4.78, 5) is 11.6. The Morgan fingerprint density at radius 1 is 1.11 bits per heavy atom. The summed E-state index contributed by atoms with van der Waals surface area (Å²) in [6.45, 7) is 11.6. The second-order valence-electron chi connectivity index (χ2n) is 7.47. The molecule has 1 aliphatic heterocycles. The number of carboxylic acid groups (broad SMARTS) is 1. The fourth-order valence-corrected chi connectivity index (χ4v) is 3.99. The number of rotatable bonds is 8. The van der Waals surface area contributed by atoms with Crippen molar-refractivity contribution in [3.8, 4) is 0 Å². The van der Waals surface area contributed by atoms with E-state index in [0.717, 1.165) is 0 Å². The first-order chi connectivity index (χ1) is 12.9. The van der Waals surface area contributed by atoms with Crippen LogP contribution < -0.4 is 5.46 Å². The molecule has 1 N–H and O–H groups in total. The van der Waals surface area contributed by atoms with Gasteiger partial charge in [-0.3, -0.25) is 4.57 Å². The van der Waals surface area contributed by atoms with Gasteiger partial charge >= 0.3 is 20.7 Å². The summed E-state index contributed by atoms with van der Waals surface area (Å²) in [6, 6.07) is 4.75. The summed E-state index contributed by atoms with van der Waals surface area (Å²) in [5.41, 5.74) is 0.0820. The Balaban J connectivity index is 2.41. The number of hydrogen-bond acceptors (Lipinski definition) is 6. The van der Waals surface area contributed by atoms with Gasteiger partial charge in [-0.25, -0.2) is 4.79 Å². The SMILES string of the molecule is CCOP(=O)(/C=C/c1cc(B2OC(C)(C)C(C)(C)O2)cc(C(=O)O)c1)OCC. The van der Waals surface area contributed by atoms with Crippen molar-refractivity contribution >= 4 is 32.2 Å². The normalized spacial score (nSPS) is 18.7. The summed E-state index contributed by atoms with van der Waals surface area (Å²) in [7, 11) is -4.10. The molecule has 0 aliphatic carbocycles. The fraction of sp³-hybridized carbons (Fsp3) is 0.526. The average molecular weight is 410 g/mol. The van der Waals surface area contributed by atoms with Crippen molar-refractivity contribution in [1.82, 2.24) is 0 Å². The molecule has 2 rings (SSSR count). The van der Waals surface area contributed by atoms with E-state index < -0.39 is 31.9 Å². The van der Waals surface area contributed by atoms with E-state index in [2.05, 4.69) is 0 Å². The maximum atomic E-state index is 12.6. The van der Waals surface area contributed by atoms with Gasteiger partial charge in [-0.15, -0.1) is 0 Å². The maximum absolute atomic E-state index is 12.6. The van der Waals surface area contributed by atoms with Crippen LogP contribution in [0.2, 0.25) is 0 Å². The van der Waals surface area contributed by atoms with E-state index in [9.17, 15) is 14.5 Å². The summed E-state index contributed by atoms with van der Waals surface area (Å²) in [5.74, 6) is 0.264. The molecule has 7 nitrogen and oxygen atoms in total. The molecule has 1 aliphatic rings. The van der Waals surface area contributed by atoms with Crippen LogP contribution in [-0.2, 0) is 22.9 Å². The van der Waals surface area contributed by atoms with Crippen LogP contribution in [0.15, 0.2) is 24.0 Å². The predicted octanol–water partition coefficient (Wildman–Crippen LogP) is 3.92. The molecular formula is C19H28BO7P. The van der Waals surface area contributed by atoms with Gasteiger partial charge in [0.15, 0.2) is 0 Å². The number of carbonyl (C=O) groups is 1. The third kappa shape index (κ3) is 5.13. The second-order valence-corrected chi connectivity index (χ2v) is 9.37. The van der Waals surface area contributed by atoms with Crippen molar-refractivity contribution < 1.29 is 32.8 Å². The summed E-state index contributed by atoms with van der Waals surface area (Å²) in [6.07, 6.45) is 1.53. The Hall–Kier alpha value is -1.44. The van der Waals surface area contributed by atoms with Crippen molar-refractivity contribution in [3.63, 3.8) is 0 Å². The lowest BCUT2D eigenvalue weighted by molar-refractivity contribution is 0.00578. The minimum Gasteiger partial charge on any atom is -0.478 e. The minimum absolute atomic E-state index is 0.0783. The molecule has 0 unspecified atom stereocenters. The molecule has 1 aromatic rings. The quantitative estimate of drug-likeness (QED) is 0.513. The van der Waals surface area contributed by atoms with Crippen LogP contribution in [0.5, 0.6) is 0 Å². The minimum atomic E-state index is -3.40. The van der Waals surface area contributed by atoms with Crippen LogP contribution in [0.4, 0.5) is 0 Å². The molecule has 28 heavy (non-hydrogen) atoms. The Bertz CT molecular complexity index is 777. The van der Waals surface area contributed by atoms with Crippen molar-refractivity contribution in [2.24, 2.45) is 0 Å². The molecule has 0 radical (unpaired) electrons. The van der Waals surface area contributed by atoms with E-state index in [0.29, 0.717) is 11.0 Å². The van der Waals surface area contributed by atoms with E-state index in [4.69, 9.17) is 18.4 Å². The van der Waals surface area contributed by atoms with Crippen LogP contribution in [-0.4, -0.2) is 42.6 Å². The predicted molar refractivity (Wildman–Crippen MR) is 109 cm³/mol. The van der Waals surface area contributed by atoms with Gasteiger partial charge in [0.25, 0.3) is 0 Å². The first-order valence-electron chi connectivity index (χ1n) is 9.25. The molecule has 1 fully saturated rings. The van der Waals surface area contributed by atoms with Gasteiger partial charge in [0.05, 0.1) is 30.0 Å². The lowest BCUT2D eigenvalue weighted by Crippen LogP contribution is -2.41. The molecule has 0 bridgehead atoms. The Kier molecular flexibility index (Phi) is 6.95. The van der Waals surface area contributed by atoms with Crippen molar-refractivity contribution in [3.05, 3.63) is 35.1 Å². The van der Waals surface area contributed by atoms with Crippen LogP contribution in [0.25, 0.3) is 6.08 Å². The Morgan fingerprint density at radius 2 is 1.64 bits per heavy atom. The van der Waals surface area contributed by atoms with Crippen LogP contribution in [0.1, 0.15) is 57.5 Å². The molecule has 1 heterocycles. The van der Waals surface area contributed by atoms with Gasteiger partial charge in [0.2, 0.25) is 0 Å². The first-order valence-corrected chi connectivity index (χ1v) is 10.9. The lowest BCUT2D eigenvalue weighted by atomic mass is 9.77. The van der Waals surface area contributed by atoms with E-state index >= 15 is 0 Å². The molecular weight excluding hydrogens is 382 g/mol. The highest BCUT2D eigenvalue weighted by molar-refractivity contribution is 7.57. The molecule has 0 aromatic heterocycles. The molecule has 0 atom stereocenters. The van der Waals surface area contributed by atoms with Crippen molar-refractivity contribution in [2.45, 2.75) is 52.7 Å². The standard InChI is InChI=1S/C19H28BO7P/c1-7-24-28(23,25-8-2)10-9-14-11-15(17(21)22)13-16(12-14)20-26-18(3,4)19(5,6)27-20/h9-13H,7-8H2,1-6H3,(H,21,22)/b10-9+. The fourth-order valence-electron chi connectivity index (χ4n) is 2.67. The molecule has 1 saturated heterocycles. The average Bonchev–Trinajstić information content (AvgIpc) is 2.81. The maximum Gasteiger partial charge on any atom is 0.494 e. The third-order valence-electron chi connectivity index (χ3n) is 4.82. The highest BCUT2D eigenvalue weighted by Crippen LogP contribution is 2.50. The zero-order valence-corrected chi connectivity index (χ0v) is 18.1.